The Balaban J connectivity index is 4.88. The number of amides is 3. The van der Waals surface area contributed by atoms with Gasteiger partial charge in [-0.3, -0.25) is 24.0 Å². The molecule has 0 bridgehead atoms. The summed E-state index contributed by atoms with van der Waals surface area (Å²) in [6.07, 6.45) is -0.215. The van der Waals surface area contributed by atoms with E-state index in [2.05, 4.69) is 26.0 Å². The van der Waals surface area contributed by atoms with Gasteiger partial charge in [0.05, 0.1) is 13.2 Å². The van der Waals surface area contributed by atoms with Gasteiger partial charge in [-0.15, -0.1) is 0 Å². The number of carboxylic acids is 1. The van der Waals surface area contributed by atoms with E-state index >= 15 is 0 Å². The molecule has 0 rings (SSSR count). The van der Waals surface area contributed by atoms with Crippen molar-refractivity contribution in [2.24, 2.45) is 0 Å². The number of carboxylic acid groups (broad SMARTS) is 1. The third-order valence-corrected chi connectivity index (χ3v) is 3.71. The van der Waals surface area contributed by atoms with Gasteiger partial charge in [0, 0.05) is 32.9 Å². The van der Waals surface area contributed by atoms with Gasteiger partial charge in [-0.1, -0.05) is 6.92 Å². The van der Waals surface area contributed by atoms with Crippen LogP contribution in [-0.4, -0.2) is 73.6 Å². The second kappa shape index (κ2) is 14.4. The normalized spacial score (nSPS) is 12.4. The van der Waals surface area contributed by atoms with Crippen molar-refractivity contribution in [2.45, 2.75) is 51.6 Å². The number of hydrogen-bond acceptors (Lipinski definition) is 7. The van der Waals surface area contributed by atoms with Crippen LogP contribution in [0.4, 0.5) is 0 Å². The van der Waals surface area contributed by atoms with Crippen LogP contribution < -0.4 is 21.3 Å². The molecule has 0 saturated heterocycles. The van der Waals surface area contributed by atoms with E-state index < -0.39 is 35.8 Å². The van der Waals surface area contributed by atoms with Crippen molar-refractivity contribution in [3.63, 3.8) is 0 Å². The summed E-state index contributed by atoms with van der Waals surface area (Å²) in [7, 11) is 1.25. The third-order valence-electron chi connectivity index (χ3n) is 3.71. The Morgan fingerprint density at radius 2 is 1.54 bits per heavy atom. The van der Waals surface area contributed by atoms with Crippen molar-refractivity contribution < 1.29 is 33.8 Å². The summed E-state index contributed by atoms with van der Waals surface area (Å²) < 4.78 is 4.56. The van der Waals surface area contributed by atoms with Gasteiger partial charge in [0.2, 0.25) is 17.7 Å². The fraction of sp³-hybridized carbons (Fsp3) is 0.706. The maximum absolute atomic E-state index is 12.5. The molecule has 0 fully saturated rings. The molecule has 0 aromatic rings. The number of rotatable bonds is 14. The van der Waals surface area contributed by atoms with E-state index in [4.69, 9.17) is 5.11 Å². The average Bonchev–Trinajstić information content (AvgIpc) is 2.64. The second-order valence-corrected chi connectivity index (χ2v) is 5.99. The van der Waals surface area contributed by atoms with Gasteiger partial charge >= 0.3 is 11.9 Å². The summed E-state index contributed by atoms with van der Waals surface area (Å²) in [4.78, 5) is 57.8. The summed E-state index contributed by atoms with van der Waals surface area (Å²) in [6.45, 7) is 3.93. The second-order valence-electron chi connectivity index (χ2n) is 5.99. The van der Waals surface area contributed by atoms with Crippen LogP contribution in [0.1, 0.15) is 39.5 Å². The first-order chi connectivity index (χ1) is 13.2. The van der Waals surface area contributed by atoms with Crippen LogP contribution in [0.2, 0.25) is 0 Å². The number of carbonyl (C=O) groups is 5. The predicted octanol–water partition coefficient (Wildman–Crippen LogP) is -1.48. The molecule has 0 heterocycles. The third kappa shape index (κ3) is 11.8. The lowest BCUT2D eigenvalue weighted by atomic mass is 10.1. The highest BCUT2D eigenvalue weighted by Gasteiger charge is 2.26. The van der Waals surface area contributed by atoms with E-state index in [-0.39, 0.29) is 44.7 Å². The number of nitrogens with one attached hydrogen (secondary N) is 4. The van der Waals surface area contributed by atoms with E-state index in [1.54, 1.807) is 6.92 Å². The van der Waals surface area contributed by atoms with Crippen LogP contribution in [0.3, 0.4) is 0 Å². The molecule has 11 nitrogen and oxygen atoms in total. The van der Waals surface area contributed by atoms with Gasteiger partial charge in [0.15, 0.2) is 0 Å². The summed E-state index contributed by atoms with van der Waals surface area (Å²) in [6, 6.07) is -1.79. The van der Waals surface area contributed by atoms with Gasteiger partial charge in [-0.2, -0.15) is 0 Å². The lowest BCUT2D eigenvalue weighted by Gasteiger charge is -2.22. The standard InChI is InChI=1S/C17H30N4O7/c1-4-18-12(6-8-15(25)28-3)17(27)21-13(5-7-14(23)24)16(26)20-10-9-19-11(2)22/h12-13,18H,4-10H2,1-3H3,(H,19,22)(H,20,26)(H,21,27)(H,23,24). The first-order valence-electron chi connectivity index (χ1n) is 9.05. The lowest BCUT2D eigenvalue weighted by Crippen LogP contribution is -2.53. The maximum Gasteiger partial charge on any atom is 0.305 e. The first kappa shape index (κ1) is 25.3. The van der Waals surface area contributed by atoms with Crippen molar-refractivity contribution in [3.05, 3.63) is 0 Å². The molecule has 0 spiro atoms. The summed E-state index contributed by atoms with van der Waals surface area (Å²) in [5.41, 5.74) is 0. The minimum Gasteiger partial charge on any atom is -0.481 e. The Morgan fingerprint density at radius 3 is 2.07 bits per heavy atom. The fourth-order valence-corrected chi connectivity index (χ4v) is 2.29. The molecule has 11 heteroatoms. The molecule has 5 N–H and O–H groups in total. The van der Waals surface area contributed by atoms with Crippen LogP contribution in [-0.2, 0) is 28.7 Å². The molecule has 0 aromatic carbocycles. The average molecular weight is 402 g/mol. The molecule has 160 valence electrons. The molecule has 0 aromatic heterocycles. The van der Waals surface area contributed by atoms with Gasteiger partial charge < -0.3 is 31.1 Å². The molecule has 28 heavy (non-hydrogen) atoms. The molecule has 3 amide bonds. The van der Waals surface area contributed by atoms with Crippen LogP contribution >= 0.6 is 0 Å². The molecule has 2 atom stereocenters. The van der Waals surface area contributed by atoms with Crippen molar-refractivity contribution in [3.8, 4) is 0 Å². The first-order valence-corrected chi connectivity index (χ1v) is 9.05. The monoisotopic (exact) mass is 402 g/mol. The largest absolute Gasteiger partial charge is 0.481 e. The number of ether oxygens (including phenoxy) is 1. The summed E-state index contributed by atoms with van der Waals surface area (Å²) in [5.74, 6) is -2.88. The minimum absolute atomic E-state index is 0.0181. The van der Waals surface area contributed by atoms with Crippen LogP contribution in [0.25, 0.3) is 0 Å². The Kier molecular flexibility index (Phi) is 13.0. The zero-order chi connectivity index (χ0) is 21.5. The van der Waals surface area contributed by atoms with Crippen molar-refractivity contribution in [1.29, 1.82) is 0 Å². The van der Waals surface area contributed by atoms with E-state index in [0.29, 0.717) is 6.54 Å². The Morgan fingerprint density at radius 1 is 0.929 bits per heavy atom. The highest BCUT2D eigenvalue weighted by Crippen LogP contribution is 2.03. The smallest absolute Gasteiger partial charge is 0.305 e. The van der Waals surface area contributed by atoms with E-state index in [1.165, 1.54) is 14.0 Å². The lowest BCUT2D eigenvalue weighted by molar-refractivity contribution is -0.141. The van der Waals surface area contributed by atoms with E-state index in [0.717, 1.165) is 0 Å². The summed E-state index contributed by atoms with van der Waals surface area (Å²) >= 11 is 0. The zero-order valence-corrected chi connectivity index (χ0v) is 16.5. The number of likely N-dealkylation sites (N-methyl/N-ethyl adjacent to an activating group) is 1. The number of hydrogen-bond donors (Lipinski definition) is 5. The predicted molar refractivity (Wildman–Crippen MR) is 99.2 cm³/mol. The van der Waals surface area contributed by atoms with Gasteiger partial charge in [-0.25, -0.2) is 0 Å². The van der Waals surface area contributed by atoms with E-state index in [1.807, 2.05) is 0 Å². The van der Waals surface area contributed by atoms with Gasteiger partial charge in [-0.05, 0) is 19.4 Å². The molecule has 0 saturated carbocycles. The summed E-state index contributed by atoms with van der Waals surface area (Å²) in [5, 5.41) is 19.4. The molecule has 0 radical (unpaired) electrons. The zero-order valence-electron chi connectivity index (χ0n) is 16.5. The fourth-order valence-electron chi connectivity index (χ4n) is 2.29. The molecule has 0 aliphatic heterocycles. The molecule has 0 aliphatic carbocycles. The van der Waals surface area contributed by atoms with Crippen LogP contribution in [0, 0.1) is 0 Å². The number of aliphatic carboxylic acids is 1. The van der Waals surface area contributed by atoms with Gasteiger partial charge in [0.25, 0.3) is 0 Å². The maximum atomic E-state index is 12.5. The van der Waals surface area contributed by atoms with E-state index in [9.17, 15) is 24.0 Å². The molecule has 2 unspecified atom stereocenters. The number of carbonyl (C=O) groups excluding carboxylic acids is 4. The van der Waals surface area contributed by atoms with Crippen molar-refractivity contribution in [2.75, 3.05) is 26.7 Å². The number of esters is 1. The van der Waals surface area contributed by atoms with Crippen LogP contribution in [0.15, 0.2) is 0 Å². The Labute approximate surface area is 163 Å². The van der Waals surface area contributed by atoms with Crippen LogP contribution in [0.5, 0.6) is 0 Å². The SMILES string of the molecule is CCNC(CCC(=O)OC)C(=O)NC(CCC(=O)O)C(=O)NCCNC(C)=O. The molecule has 0 aliphatic rings. The number of methoxy groups -OCH3 is 1. The topological polar surface area (TPSA) is 163 Å². The van der Waals surface area contributed by atoms with Crippen molar-refractivity contribution in [1.82, 2.24) is 21.3 Å². The quantitative estimate of drug-likeness (QED) is 0.173. The van der Waals surface area contributed by atoms with Gasteiger partial charge in [0.1, 0.15) is 6.04 Å². The Bertz CT molecular complexity index is 554. The molecular weight excluding hydrogens is 372 g/mol. The minimum atomic E-state index is -1.10. The highest BCUT2D eigenvalue weighted by molar-refractivity contribution is 5.90. The Hall–Kier alpha value is -2.69. The van der Waals surface area contributed by atoms with Crippen molar-refractivity contribution >= 4 is 29.7 Å². The highest BCUT2D eigenvalue weighted by atomic mass is 16.5. The molecular formula is C17H30N4O7.